The minimum absolute atomic E-state index is 0.0176. The van der Waals surface area contributed by atoms with Gasteiger partial charge in [-0.1, -0.05) is 12.1 Å². The number of carbonyl (C=O) groups is 1. The number of aliphatic hydroxyl groups excluding tert-OH is 1. The van der Waals surface area contributed by atoms with E-state index in [4.69, 9.17) is 4.52 Å². The van der Waals surface area contributed by atoms with E-state index in [-0.39, 0.29) is 24.1 Å². The highest BCUT2D eigenvalue weighted by atomic mass is 16.5. The van der Waals surface area contributed by atoms with Gasteiger partial charge in [0.15, 0.2) is 5.82 Å². The normalized spacial score (nSPS) is 32.5. The predicted octanol–water partition coefficient (Wildman–Crippen LogP) is 3.05. The molecular formula is C20H32N4O3. The highest BCUT2D eigenvalue weighted by Crippen LogP contribution is 2.60. The first kappa shape index (κ1) is 18.7. The number of carbonyl (C=O) groups excluding carboxylic acids is 1. The van der Waals surface area contributed by atoms with Crippen molar-refractivity contribution < 1.29 is 14.4 Å². The highest BCUT2D eigenvalue weighted by molar-refractivity contribution is 5.74. The average Bonchev–Trinajstić information content (AvgIpc) is 3.04. The molecule has 2 amide bonds. The van der Waals surface area contributed by atoms with Gasteiger partial charge in [0.05, 0.1) is 6.61 Å². The van der Waals surface area contributed by atoms with Crippen molar-refractivity contribution in [1.29, 1.82) is 0 Å². The summed E-state index contributed by atoms with van der Waals surface area (Å²) >= 11 is 0. The molecule has 0 aliphatic heterocycles. The third kappa shape index (κ3) is 3.84. The number of hydrogen-bond acceptors (Lipinski definition) is 5. The van der Waals surface area contributed by atoms with E-state index in [1.165, 1.54) is 38.5 Å². The van der Waals surface area contributed by atoms with Crippen molar-refractivity contribution in [2.24, 2.45) is 23.2 Å². The van der Waals surface area contributed by atoms with E-state index in [9.17, 15) is 9.90 Å². The van der Waals surface area contributed by atoms with Gasteiger partial charge in [-0.3, -0.25) is 0 Å². The van der Waals surface area contributed by atoms with Crippen LogP contribution in [0.15, 0.2) is 4.52 Å². The molecule has 0 aromatic carbocycles. The van der Waals surface area contributed by atoms with Crippen molar-refractivity contribution in [2.75, 3.05) is 19.7 Å². The number of aryl methyl sites for hydroxylation is 1. The molecule has 1 unspecified atom stereocenters. The first-order valence-electron chi connectivity index (χ1n) is 10.5. The zero-order valence-electron chi connectivity index (χ0n) is 16.5. The van der Waals surface area contributed by atoms with Crippen LogP contribution in [0.5, 0.6) is 0 Å². The van der Waals surface area contributed by atoms with Crippen LogP contribution in [0.25, 0.3) is 0 Å². The van der Waals surface area contributed by atoms with Gasteiger partial charge in [-0.25, -0.2) is 4.79 Å². The topological polar surface area (TPSA) is 91.5 Å². The van der Waals surface area contributed by atoms with Gasteiger partial charge < -0.3 is 19.8 Å². The Morgan fingerprint density at radius 2 is 1.93 bits per heavy atom. The Balaban J connectivity index is 1.45. The second-order valence-electron chi connectivity index (χ2n) is 9.15. The molecule has 4 aliphatic rings. The zero-order valence-corrected chi connectivity index (χ0v) is 16.5. The number of urea groups is 1. The predicted molar refractivity (Wildman–Crippen MR) is 99.9 cm³/mol. The van der Waals surface area contributed by atoms with Gasteiger partial charge >= 0.3 is 6.03 Å². The van der Waals surface area contributed by atoms with Crippen molar-refractivity contribution in [3.63, 3.8) is 0 Å². The number of aromatic nitrogens is 2. The van der Waals surface area contributed by atoms with Crippen molar-refractivity contribution >= 4 is 6.03 Å². The molecule has 1 heterocycles. The molecule has 0 saturated heterocycles. The molecule has 150 valence electrons. The lowest BCUT2D eigenvalue weighted by Gasteiger charge is -2.57. The van der Waals surface area contributed by atoms with E-state index >= 15 is 0 Å². The maximum absolute atomic E-state index is 13.0. The number of amides is 2. The fraction of sp³-hybridized carbons (Fsp3) is 0.850. The molecule has 5 rings (SSSR count). The molecule has 4 saturated carbocycles. The molecule has 1 aromatic rings. The molecular weight excluding hydrogens is 344 g/mol. The molecule has 7 heteroatoms. The summed E-state index contributed by atoms with van der Waals surface area (Å²) in [4.78, 5) is 19.1. The van der Waals surface area contributed by atoms with Gasteiger partial charge in [-0.2, -0.15) is 4.98 Å². The lowest BCUT2D eigenvalue weighted by molar-refractivity contribution is -0.0648. The Kier molecular flexibility index (Phi) is 5.14. The summed E-state index contributed by atoms with van der Waals surface area (Å²) < 4.78 is 5.25. The molecule has 4 bridgehead atoms. The van der Waals surface area contributed by atoms with Crippen LogP contribution in [0.1, 0.15) is 69.6 Å². The fourth-order valence-corrected chi connectivity index (χ4v) is 6.30. The van der Waals surface area contributed by atoms with Crippen LogP contribution < -0.4 is 5.32 Å². The van der Waals surface area contributed by atoms with E-state index in [0.717, 1.165) is 24.3 Å². The van der Waals surface area contributed by atoms with Crippen LogP contribution in [0.4, 0.5) is 4.79 Å². The summed E-state index contributed by atoms with van der Waals surface area (Å²) in [5.41, 5.74) is 0.254. The first-order chi connectivity index (χ1) is 13.0. The molecule has 1 aromatic heterocycles. The van der Waals surface area contributed by atoms with Gasteiger partial charge in [-0.05, 0) is 75.0 Å². The lowest BCUT2D eigenvalue weighted by atomic mass is 9.49. The van der Waals surface area contributed by atoms with E-state index < -0.39 is 0 Å². The van der Waals surface area contributed by atoms with Gasteiger partial charge in [0.1, 0.15) is 6.04 Å². The number of rotatable bonds is 7. The van der Waals surface area contributed by atoms with Gasteiger partial charge in [0, 0.05) is 13.1 Å². The van der Waals surface area contributed by atoms with Crippen molar-refractivity contribution in [2.45, 2.75) is 64.8 Å². The first-order valence-corrected chi connectivity index (χ1v) is 10.5. The smallest absolute Gasteiger partial charge is 0.318 e. The zero-order chi connectivity index (χ0) is 19.0. The molecule has 27 heavy (non-hydrogen) atoms. The number of nitrogens with zero attached hydrogens (tertiary/aromatic N) is 3. The number of nitrogens with one attached hydrogen (secondary N) is 1. The Labute approximate surface area is 160 Å². The Bertz CT molecular complexity index is 639. The fourth-order valence-electron chi connectivity index (χ4n) is 6.30. The molecule has 2 N–H and O–H groups in total. The Hall–Kier alpha value is -1.63. The molecule has 0 radical (unpaired) electrons. The summed E-state index contributed by atoms with van der Waals surface area (Å²) in [6.07, 6.45) is 8.58. The number of hydrogen-bond donors (Lipinski definition) is 2. The van der Waals surface area contributed by atoms with Gasteiger partial charge in [0.2, 0.25) is 5.89 Å². The Morgan fingerprint density at radius 3 is 2.41 bits per heavy atom. The van der Waals surface area contributed by atoms with Crippen molar-refractivity contribution in [3.05, 3.63) is 11.7 Å². The number of aliphatic hydroxyl groups is 1. The second-order valence-corrected chi connectivity index (χ2v) is 9.15. The van der Waals surface area contributed by atoms with E-state index in [1.807, 2.05) is 11.8 Å². The maximum Gasteiger partial charge on any atom is 0.318 e. The van der Waals surface area contributed by atoms with Crippen LogP contribution in [0, 0.1) is 30.1 Å². The monoisotopic (exact) mass is 376 g/mol. The molecule has 4 fully saturated rings. The van der Waals surface area contributed by atoms with Gasteiger partial charge in [0.25, 0.3) is 0 Å². The molecule has 4 aliphatic carbocycles. The van der Waals surface area contributed by atoms with Crippen molar-refractivity contribution in [3.8, 4) is 0 Å². The SMILES string of the molecule is CCC(NC(=O)N(CCO)CC12CC3CC(CC(C3)C1)C2)c1nc(C)no1. The van der Waals surface area contributed by atoms with Gasteiger partial charge in [-0.15, -0.1) is 0 Å². The second kappa shape index (κ2) is 7.41. The van der Waals surface area contributed by atoms with Crippen LogP contribution >= 0.6 is 0 Å². The van der Waals surface area contributed by atoms with Crippen LogP contribution in [-0.2, 0) is 0 Å². The summed E-state index contributed by atoms with van der Waals surface area (Å²) in [5, 5.41) is 16.4. The maximum atomic E-state index is 13.0. The quantitative estimate of drug-likeness (QED) is 0.763. The lowest BCUT2D eigenvalue weighted by Crippen LogP contribution is -2.54. The molecule has 1 atom stereocenters. The summed E-state index contributed by atoms with van der Waals surface area (Å²) in [6.45, 7) is 4.86. The van der Waals surface area contributed by atoms with Crippen molar-refractivity contribution in [1.82, 2.24) is 20.4 Å². The standard InChI is InChI=1S/C20H32N4O3/c1-3-17(18-21-13(2)23-27-18)22-19(26)24(4-5-25)12-20-9-14-6-15(10-20)8-16(7-14)11-20/h14-17,25H,3-12H2,1-2H3,(H,22,26). The minimum atomic E-state index is -0.295. The minimum Gasteiger partial charge on any atom is -0.395 e. The van der Waals surface area contributed by atoms with E-state index in [1.54, 1.807) is 6.92 Å². The molecule has 7 nitrogen and oxygen atoms in total. The third-order valence-corrected chi connectivity index (χ3v) is 6.90. The van der Waals surface area contributed by atoms with E-state index in [2.05, 4.69) is 15.5 Å². The Morgan fingerprint density at radius 1 is 1.30 bits per heavy atom. The summed E-state index contributed by atoms with van der Waals surface area (Å²) in [5.74, 6) is 3.56. The average molecular weight is 377 g/mol. The van der Waals surface area contributed by atoms with Crippen LogP contribution in [0.3, 0.4) is 0 Å². The summed E-state index contributed by atoms with van der Waals surface area (Å²) in [7, 11) is 0. The molecule has 0 spiro atoms. The summed E-state index contributed by atoms with van der Waals surface area (Å²) in [6, 6.07) is -0.432. The largest absolute Gasteiger partial charge is 0.395 e. The highest BCUT2D eigenvalue weighted by Gasteiger charge is 2.51. The third-order valence-electron chi connectivity index (χ3n) is 6.90. The van der Waals surface area contributed by atoms with Crippen LogP contribution in [-0.4, -0.2) is 45.9 Å². The van der Waals surface area contributed by atoms with E-state index in [0.29, 0.717) is 24.7 Å². The van der Waals surface area contributed by atoms with Crippen LogP contribution in [0.2, 0.25) is 0 Å².